The summed E-state index contributed by atoms with van der Waals surface area (Å²) in [4.78, 5) is 28.2. The van der Waals surface area contributed by atoms with E-state index < -0.39 is 11.9 Å². The maximum absolute atomic E-state index is 13.6. The van der Waals surface area contributed by atoms with Gasteiger partial charge in [-0.3, -0.25) is 9.59 Å². The number of β-amino-alcohol motifs (C(OH)–C–C–N with tert-alkyl or cyclic N) is 1. The Labute approximate surface area is 196 Å². The van der Waals surface area contributed by atoms with Crippen LogP contribution in [-0.4, -0.2) is 42.3 Å². The molecule has 0 saturated heterocycles. The summed E-state index contributed by atoms with van der Waals surface area (Å²) >= 11 is 6.26. The van der Waals surface area contributed by atoms with Crippen molar-refractivity contribution < 1.29 is 23.8 Å². The summed E-state index contributed by atoms with van der Waals surface area (Å²) in [5.41, 5.74) is 1.61. The quantitative estimate of drug-likeness (QED) is 0.521. The zero-order chi connectivity index (χ0) is 23.7. The van der Waals surface area contributed by atoms with Gasteiger partial charge in [0.05, 0.1) is 36.8 Å². The monoisotopic (exact) mass is 471 g/mol. The first-order valence-electron chi connectivity index (χ1n) is 11.0. The van der Waals surface area contributed by atoms with Gasteiger partial charge in [-0.05, 0) is 55.7 Å². The number of halogens is 1. The highest BCUT2D eigenvalue weighted by molar-refractivity contribution is 6.32. The molecule has 2 heterocycles. The van der Waals surface area contributed by atoms with Crippen LogP contribution in [0.3, 0.4) is 0 Å². The van der Waals surface area contributed by atoms with Gasteiger partial charge < -0.3 is 23.9 Å². The van der Waals surface area contributed by atoms with E-state index in [9.17, 15) is 14.7 Å². The Hall–Kier alpha value is -3.03. The van der Waals surface area contributed by atoms with Gasteiger partial charge in [0.25, 0.3) is 5.91 Å². The van der Waals surface area contributed by atoms with E-state index >= 15 is 0 Å². The minimum absolute atomic E-state index is 0.0167. The fourth-order valence-electron chi connectivity index (χ4n) is 4.12. The summed E-state index contributed by atoms with van der Waals surface area (Å²) < 4.78 is 17.5. The van der Waals surface area contributed by atoms with E-state index in [1.165, 1.54) is 4.90 Å². The lowest BCUT2D eigenvalue weighted by Crippen LogP contribution is -2.32. The second-order valence-electron chi connectivity index (χ2n) is 7.88. The van der Waals surface area contributed by atoms with Gasteiger partial charge in [-0.25, -0.2) is 0 Å². The van der Waals surface area contributed by atoms with Gasteiger partial charge in [-0.2, -0.15) is 0 Å². The average molecular weight is 472 g/mol. The Morgan fingerprint density at radius 3 is 2.61 bits per heavy atom. The Balaban J connectivity index is 1.92. The lowest BCUT2D eigenvalue weighted by Gasteiger charge is -2.25. The van der Waals surface area contributed by atoms with Crippen molar-refractivity contribution in [3.05, 3.63) is 68.0 Å². The van der Waals surface area contributed by atoms with Crippen molar-refractivity contribution in [1.82, 2.24) is 4.90 Å². The Morgan fingerprint density at radius 1 is 1.12 bits per heavy atom. The second-order valence-corrected chi connectivity index (χ2v) is 8.29. The number of rotatable bonds is 8. The van der Waals surface area contributed by atoms with Crippen molar-refractivity contribution in [2.24, 2.45) is 0 Å². The number of fused-ring (bicyclic) bond motifs is 2. The van der Waals surface area contributed by atoms with Crippen molar-refractivity contribution in [3.8, 4) is 11.5 Å². The smallest absolute Gasteiger partial charge is 0.290 e. The topological polar surface area (TPSA) is 89.2 Å². The van der Waals surface area contributed by atoms with Crippen LogP contribution >= 0.6 is 11.6 Å². The zero-order valence-corrected chi connectivity index (χ0v) is 19.6. The Morgan fingerprint density at radius 2 is 1.91 bits per heavy atom. The molecule has 1 amide bonds. The molecule has 1 aromatic heterocycles. The van der Waals surface area contributed by atoms with E-state index in [2.05, 4.69) is 0 Å². The van der Waals surface area contributed by atoms with Gasteiger partial charge in [0, 0.05) is 11.6 Å². The molecule has 1 unspecified atom stereocenters. The van der Waals surface area contributed by atoms with Crippen LogP contribution < -0.4 is 14.9 Å². The number of nitrogens with zero attached hydrogens (tertiary/aromatic N) is 1. The van der Waals surface area contributed by atoms with Gasteiger partial charge in [-0.15, -0.1) is 0 Å². The third kappa shape index (κ3) is 4.07. The predicted octanol–water partition coefficient (Wildman–Crippen LogP) is 4.48. The van der Waals surface area contributed by atoms with Crippen LogP contribution in [0.15, 0.2) is 39.5 Å². The molecule has 2 aromatic carbocycles. The lowest BCUT2D eigenvalue weighted by atomic mass is 9.97. The molecule has 0 saturated carbocycles. The molecule has 8 heteroatoms. The lowest BCUT2D eigenvalue weighted by molar-refractivity contribution is 0.0691. The molecule has 174 valence electrons. The van der Waals surface area contributed by atoms with Crippen LogP contribution in [0, 0.1) is 6.92 Å². The highest BCUT2D eigenvalue weighted by Gasteiger charge is 2.42. The van der Waals surface area contributed by atoms with Crippen molar-refractivity contribution >= 4 is 28.5 Å². The van der Waals surface area contributed by atoms with Gasteiger partial charge >= 0.3 is 0 Å². The fraction of sp³-hybridized carbons (Fsp3) is 0.360. The van der Waals surface area contributed by atoms with E-state index in [-0.39, 0.29) is 29.9 Å². The molecule has 1 atom stereocenters. The van der Waals surface area contributed by atoms with Crippen LogP contribution in [0.4, 0.5) is 0 Å². The number of hydrogen-bond acceptors (Lipinski definition) is 6. The van der Waals surface area contributed by atoms with Gasteiger partial charge in [0.15, 0.2) is 16.9 Å². The average Bonchev–Trinajstić information content (AvgIpc) is 3.07. The molecule has 0 bridgehead atoms. The van der Waals surface area contributed by atoms with Crippen LogP contribution in [0.2, 0.25) is 5.02 Å². The normalized spacial score (nSPS) is 15.2. The molecule has 0 spiro atoms. The molecule has 1 aliphatic heterocycles. The summed E-state index contributed by atoms with van der Waals surface area (Å²) in [6.45, 7) is 6.43. The maximum atomic E-state index is 13.6. The molecule has 0 fully saturated rings. The number of carbonyl (C=O) groups is 1. The Bertz CT molecular complexity index is 1270. The van der Waals surface area contributed by atoms with E-state index in [0.29, 0.717) is 46.3 Å². The third-order valence-electron chi connectivity index (χ3n) is 5.63. The number of ether oxygens (including phenoxy) is 2. The maximum Gasteiger partial charge on any atom is 0.290 e. The van der Waals surface area contributed by atoms with Crippen LogP contribution in [0.5, 0.6) is 11.5 Å². The first-order valence-corrected chi connectivity index (χ1v) is 11.4. The Kier molecular flexibility index (Phi) is 6.63. The van der Waals surface area contributed by atoms with Crippen molar-refractivity contribution in [3.63, 3.8) is 0 Å². The summed E-state index contributed by atoms with van der Waals surface area (Å²) in [7, 11) is 0. The largest absolute Gasteiger partial charge is 0.490 e. The van der Waals surface area contributed by atoms with Crippen LogP contribution in [0.25, 0.3) is 11.0 Å². The van der Waals surface area contributed by atoms with Crippen molar-refractivity contribution in [2.45, 2.75) is 33.2 Å². The predicted molar refractivity (Wildman–Crippen MR) is 126 cm³/mol. The van der Waals surface area contributed by atoms with Crippen molar-refractivity contribution in [1.29, 1.82) is 0 Å². The number of hydrogen-bond donors (Lipinski definition) is 1. The number of aryl methyl sites for hydroxylation is 1. The highest BCUT2D eigenvalue weighted by Crippen LogP contribution is 2.41. The van der Waals surface area contributed by atoms with Crippen molar-refractivity contribution in [2.75, 3.05) is 26.4 Å². The zero-order valence-electron chi connectivity index (χ0n) is 18.8. The van der Waals surface area contributed by atoms with Gasteiger partial charge in [-0.1, -0.05) is 24.6 Å². The fourth-order valence-corrected chi connectivity index (χ4v) is 4.28. The third-order valence-corrected chi connectivity index (χ3v) is 6.04. The summed E-state index contributed by atoms with van der Waals surface area (Å²) in [5.74, 6) is 0.655. The molecule has 4 rings (SSSR count). The number of aliphatic hydroxyl groups excluding tert-OH is 1. The molecule has 1 aliphatic rings. The summed E-state index contributed by atoms with van der Waals surface area (Å²) in [6.07, 6.45) is 0.845. The van der Waals surface area contributed by atoms with Gasteiger partial charge in [0.2, 0.25) is 5.76 Å². The molecule has 3 aromatic rings. The summed E-state index contributed by atoms with van der Waals surface area (Å²) in [6, 6.07) is 7.85. The van der Waals surface area contributed by atoms with E-state index in [0.717, 1.165) is 12.0 Å². The standard InChI is InChI=1S/C25H26ClNO6/c1-4-10-32-18-7-6-15(12-20(18)31-5-2)22-21-23(29)16-13-17(26)14(3)11-19(16)33-24(21)25(30)27(22)8-9-28/h6-7,11-13,22,28H,4-5,8-10H2,1-3H3. The number of benzene rings is 2. The van der Waals surface area contributed by atoms with E-state index in [1.807, 2.05) is 13.8 Å². The molecular formula is C25H26ClNO6. The number of amides is 1. The molecule has 0 radical (unpaired) electrons. The number of aliphatic hydroxyl groups is 1. The van der Waals surface area contributed by atoms with E-state index in [1.54, 1.807) is 37.3 Å². The molecule has 0 aliphatic carbocycles. The minimum atomic E-state index is -0.736. The van der Waals surface area contributed by atoms with E-state index in [4.69, 9.17) is 25.5 Å². The molecule has 7 nitrogen and oxygen atoms in total. The molecule has 33 heavy (non-hydrogen) atoms. The first kappa shape index (κ1) is 23.1. The minimum Gasteiger partial charge on any atom is -0.490 e. The summed E-state index contributed by atoms with van der Waals surface area (Å²) in [5, 5.41) is 10.4. The van der Waals surface area contributed by atoms with Crippen LogP contribution in [0.1, 0.15) is 53.6 Å². The molecular weight excluding hydrogens is 446 g/mol. The number of carbonyl (C=O) groups excluding carboxylic acids is 1. The van der Waals surface area contributed by atoms with Gasteiger partial charge in [0.1, 0.15) is 5.58 Å². The van der Waals surface area contributed by atoms with Crippen LogP contribution in [-0.2, 0) is 0 Å². The molecule has 1 N–H and O–H groups in total. The SMILES string of the molecule is CCCOc1ccc(C2c3c(oc4cc(C)c(Cl)cc4c3=O)C(=O)N2CCO)cc1OCC. The first-order chi connectivity index (χ1) is 15.9. The second kappa shape index (κ2) is 9.45. The highest BCUT2D eigenvalue weighted by atomic mass is 35.5.